The number of imidazole rings is 2. The number of hydrogen-bond donors (Lipinski definition) is 4. The van der Waals surface area contributed by atoms with E-state index in [2.05, 4.69) is 112 Å². The predicted molar refractivity (Wildman–Crippen MR) is 312 cm³/mol. The molecule has 4 aromatic heterocycles. The van der Waals surface area contributed by atoms with Crippen molar-refractivity contribution in [2.75, 3.05) is 63.0 Å². The number of para-hydroxylation sites is 3. The Morgan fingerprint density at radius 3 is 1.40 bits per heavy atom. The minimum atomic E-state index is -0.0308. The van der Waals surface area contributed by atoms with Crippen LogP contribution in [0.2, 0.25) is 0 Å². The highest BCUT2D eigenvalue weighted by Gasteiger charge is 2.34. The van der Waals surface area contributed by atoms with Crippen LogP contribution in [-0.4, -0.2) is 159 Å². The number of aromatic nitrogens is 6. The molecule has 420 valence electrons. The number of benzene rings is 2. The van der Waals surface area contributed by atoms with Gasteiger partial charge in [-0.15, -0.1) is 0 Å². The number of nitrogens with zero attached hydrogens (tertiary/aromatic N) is 10. The summed E-state index contributed by atoms with van der Waals surface area (Å²) < 4.78 is 3.84. The third kappa shape index (κ3) is 13.2. The SMILES string of the molecule is CC(C)N1CCC(N2Cc3ccccc3NC2=O)CC1.CC(C)N1CCC(N2Cc3cccnc3NC2=O)CC1.CC(C)N1CCC(n2c(=O)[nH]c3ccccc32)CC1.CC(C)N1CCC(n2c(=O)[nH]c3ncccc32)CC1. The number of carbonyl (C=O) groups excluding carboxylic acids is 2. The fourth-order valence-electron chi connectivity index (χ4n) is 12.4. The lowest BCUT2D eigenvalue weighted by atomic mass is 10.00. The number of nitrogens with one attached hydrogen (secondary N) is 4. The van der Waals surface area contributed by atoms with E-state index in [0.29, 0.717) is 66.3 Å². The van der Waals surface area contributed by atoms with Crippen LogP contribution in [0.15, 0.2) is 94.8 Å². The zero-order chi connectivity index (χ0) is 55.0. The maximum Gasteiger partial charge on any atom is 0.327 e. The van der Waals surface area contributed by atoms with Crippen LogP contribution in [0.5, 0.6) is 0 Å². The van der Waals surface area contributed by atoms with E-state index in [9.17, 15) is 19.2 Å². The number of piperidine rings is 4. The average molecular weight is 1070 g/mol. The molecule has 0 radical (unpaired) electrons. The molecule has 0 aliphatic carbocycles. The number of anilines is 2. The summed E-state index contributed by atoms with van der Waals surface area (Å²) in [6.45, 7) is 27.9. The number of H-pyrrole nitrogens is 2. The van der Waals surface area contributed by atoms with E-state index < -0.39 is 0 Å². The Hall–Kier alpha value is -6.34. The fraction of sp³-hybridized carbons (Fsp3) is 0.567. The van der Waals surface area contributed by atoms with Crippen molar-refractivity contribution >= 4 is 45.8 Å². The van der Waals surface area contributed by atoms with Crippen molar-refractivity contribution in [1.29, 1.82) is 0 Å². The first-order chi connectivity index (χ1) is 37.6. The largest absolute Gasteiger partial charge is 0.327 e. The van der Waals surface area contributed by atoms with E-state index in [4.69, 9.17) is 0 Å². The van der Waals surface area contributed by atoms with E-state index in [1.165, 1.54) is 5.56 Å². The molecule has 10 heterocycles. The molecule has 4 saturated heterocycles. The third-order valence-electron chi connectivity index (χ3n) is 17.2. The highest BCUT2D eigenvalue weighted by molar-refractivity contribution is 5.92. The van der Waals surface area contributed by atoms with Crippen LogP contribution >= 0.6 is 0 Å². The van der Waals surface area contributed by atoms with Crippen LogP contribution < -0.4 is 22.0 Å². The number of amides is 4. The van der Waals surface area contributed by atoms with Crippen molar-refractivity contribution in [2.24, 2.45) is 0 Å². The third-order valence-corrected chi connectivity index (χ3v) is 17.2. The number of urea groups is 2. The van der Waals surface area contributed by atoms with E-state index in [-0.39, 0.29) is 23.4 Å². The minimum absolute atomic E-state index is 0.000744. The minimum Gasteiger partial charge on any atom is -0.317 e. The summed E-state index contributed by atoms with van der Waals surface area (Å²) in [5.41, 5.74) is 6.90. The number of aromatic amines is 2. The summed E-state index contributed by atoms with van der Waals surface area (Å²) in [5.74, 6) is 0.716. The molecule has 0 unspecified atom stereocenters. The second-order valence-corrected chi connectivity index (χ2v) is 23.2. The molecule has 18 nitrogen and oxygen atoms in total. The molecule has 0 bridgehead atoms. The van der Waals surface area contributed by atoms with Crippen LogP contribution in [0.3, 0.4) is 0 Å². The Morgan fingerprint density at radius 2 is 0.846 bits per heavy atom. The van der Waals surface area contributed by atoms with Crippen LogP contribution in [0.1, 0.15) is 130 Å². The zero-order valence-corrected chi connectivity index (χ0v) is 47.5. The Bertz CT molecular complexity index is 2830. The lowest BCUT2D eigenvalue weighted by molar-refractivity contribution is 0.105. The van der Waals surface area contributed by atoms with E-state index in [1.807, 2.05) is 85.7 Å². The molecule has 12 rings (SSSR count). The second-order valence-electron chi connectivity index (χ2n) is 23.2. The first-order valence-electron chi connectivity index (χ1n) is 29.0. The molecule has 4 fully saturated rings. The van der Waals surface area contributed by atoms with E-state index in [0.717, 1.165) is 138 Å². The molecule has 6 aliphatic rings. The normalized spacial score (nSPS) is 19.7. The summed E-state index contributed by atoms with van der Waals surface area (Å²) in [7, 11) is 0. The second kappa shape index (κ2) is 25.6. The van der Waals surface area contributed by atoms with Crippen molar-refractivity contribution in [3.63, 3.8) is 0 Å². The first kappa shape index (κ1) is 56.4. The Kier molecular flexibility index (Phi) is 18.5. The maximum atomic E-state index is 12.3. The van der Waals surface area contributed by atoms with Crippen molar-refractivity contribution in [3.8, 4) is 0 Å². The van der Waals surface area contributed by atoms with Gasteiger partial charge < -0.3 is 39.7 Å². The molecule has 4 amide bonds. The Morgan fingerprint density at radius 1 is 0.436 bits per heavy atom. The summed E-state index contributed by atoms with van der Waals surface area (Å²) in [6.07, 6.45) is 11.9. The van der Waals surface area contributed by atoms with E-state index >= 15 is 0 Å². The van der Waals surface area contributed by atoms with Crippen LogP contribution in [0, 0.1) is 0 Å². The summed E-state index contributed by atoms with van der Waals surface area (Å²) >= 11 is 0. The molecular weight excluding hydrogens is 981 g/mol. The molecule has 0 atom stereocenters. The molecule has 0 saturated carbocycles. The lowest BCUT2D eigenvalue weighted by Crippen LogP contribution is -2.51. The van der Waals surface area contributed by atoms with Crippen molar-refractivity contribution in [3.05, 3.63) is 117 Å². The van der Waals surface area contributed by atoms with Gasteiger partial charge in [0.25, 0.3) is 0 Å². The average Bonchev–Trinajstić information content (AvgIpc) is 4.06. The van der Waals surface area contributed by atoms with Gasteiger partial charge >= 0.3 is 23.4 Å². The number of carbonyl (C=O) groups is 2. The van der Waals surface area contributed by atoms with Crippen molar-refractivity contribution < 1.29 is 9.59 Å². The molecule has 2 aromatic carbocycles. The first-order valence-corrected chi connectivity index (χ1v) is 29.0. The number of rotatable bonds is 8. The van der Waals surface area contributed by atoms with Crippen molar-refractivity contribution in [2.45, 2.75) is 168 Å². The molecule has 6 aromatic rings. The molecule has 78 heavy (non-hydrogen) atoms. The molecule has 6 aliphatic heterocycles. The number of likely N-dealkylation sites (tertiary alicyclic amines) is 4. The highest BCUT2D eigenvalue weighted by atomic mass is 16.2. The number of pyridine rings is 2. The van der Waals surface area contributed by atoms with Gasteiger partial charge in [0.15, 0.2) is 5.65 Å². The predicted octanol–water partition coefficient (Wildman–Crippen LogP) is 9.35. The van der Waals surface area contributed by atoms with Crippen molar-refractivity contribution in [1.82, 2.24) is 58.5 Å². The molecular formula is C60H86N14O4. The van der Waals surface area contributed by atoms with Gasteiger partial charge in [-0.3, -0.25) is 19.4 Å². The van der Waals surface area contributed by atoms with Gasteiger partial charge in [-0.1, -0.05) is 36.4 Å². The molecule has 0 spiro atoms. The summed E-state index contributed by atoms with van der Waals surface area (Å²) in [4.78, 5) is 76.9. The molecule has 18 heteroatoms. The quantitative estimate of drug-likeness (QED) is 0.115. The fourth-order valence-corrected chi connectivity index (χ4v) is 12.4. The van der Waals surface area contributed by atoms with Gasteiger partial charge in [0.1, 0.15) is 5.82 Å². The van der Waals surface area contributed by atoms with Crippen LogP contribution in [0.25, 0.3) is 22.2 Å². The van der Waals surface area contributed by atoms with Crippen LogP contribution in [0.4, 0.5) is 21.1 Å². The molecule has 4 N–H and O–H groups in total. The summed E-state index contributed by atoms with van der Waals surface area (Å²) in [5, 5.41) is 5.92. The van der Waals surface area contributed by atoms with E-state index in [1.54, 1.807) is 12.4 Å². The zero-order valence-electron chi connectivity index (χ0n) is 47.5. The Labute approximate surface area is 460 Å². The summed E-state index contributed by atoms with van der Waals surface area (Å²) in [6, 6.07) is 27.6. The smallest absolute Gasteiger partial charge is 0.317 e. The van der Waals surface area contributed by atoms with Gasteiger partial charge in [-0.05, 0) is 149 Å². The topological polar surface area (TPSA) is 179 Å². The Balaban J connectivity index is 0.000000126. The number of hydrogen-bond acceptors (Lipinski definition) is 10. The van der Waals surface area contributed by atoms with Gasteiger partial charge in [0.05, 0.1) is 23.1 Å². The number of fused-ring (bicyclic) bond motifs is 4. The standard InChI is InChI=1S/C16H23N3O.C15H22N4O.C15H21N3O.C14H20N4O/c1-12(2)18-9-7-14(8-10-18)19-11-13-5-3-4-6-15(13)17-16(19)20;1-11(2)18-8-5-13(6-9-18)19-10-12-4-3-7-16-14(12)17-15(19)20;1-11(2)17-9-7-12(8-10-17)18-14-6-4-3-5-13(14)16-15(18)19;1-10(2)17-8-5-11(6-9-17)18-12-4-3-7-15-13(12)16-14(18)19/h3-6,12,14H,7-11H2,1-2H3,(H,17,20);3-4,7,11,13H,5-6,8-10H2,1-2H3,(H,16,17,20);3-6,11-12H,7-10H2,1-2H3,(H,16,19);3-4,7,10-11H,5-6,8-9H2,1-2H3,(H,15,16,19). The van der Waals surface area contributed by atoms with Gasteiger partial charge in [0.2, 0.25) is 0 Å². The van der Waals surface area contributed by atoms with Gasteiger partial charge in [0, 0.05) is 131 Å². The maximum absolute atomic E-state index is 12.3. The lowest BCUT2D eigenvalue weighted by Gasteiger charge is -2.41. The van der Waals surface area contributed by atoms with Gasteiger partial charge in [-0.25, -0.2) is 29.1 Å². The highest BCUT2D eigenvalue weighted by Crippen LogP contribution is 2.31. The van der Waals surface area contributed by atoms with Gasteiger partial charge in [-0.2, -0.15) is 0 Å². The monoisotopic (exact) mass is 1070 g/mol. The van der Waals surface area contributed by atoms with Crippen LogP contribution in [-0.2, 0) is 13.1 Å².